The fourth-order valence-corrected chi connectivity index (χ4v) is 2.48. The van der Waals surface area contributed by atoms with E-state index in [-0.39, 0.29) is 5.91 Å². The predicted octanol–water partition coefficient (Wildman–Crippen LogP) is 2.55. The zero-order chi connectivity index (χ0) is 14.4. The minimum Gasteiger partial charge on any atom is -0.290 e. The van der Waals surface area contributed by atoms with Crippen molar-refractivity contribution in [2.75, 3.05) is 7.05 Å². The van der Waals surface area contributed by atoms with E-state index in [1.165, 1.54) is 19.3 Å². The number of nitrogens with two attached hydrogens (primary N) is 1. The molecular weight excluding hydrogens is 254 g/mol. The Morgan fingerprint density at radius 1 is 1.30 bits per heavy atom. The fraction of sp³-hybridized carbons (Fsp3) is 0.500. The molecule has 20 heavy (non-hydrogen) atoms. The molecule has 1 saturated carbocycles. The SMILES string of the molecule is CN(N=Nc1ccccc1C(=O)NN)C1CCCCC1. The summed E-state index contributed by atoms with van der Waals surface area (Å²) in [5, 5.41) is 10.3. The normalized spacial score (nSPS) is 16.3. The Morgan fingerprint density at radius 3 is 2.70 bits per heavy atom. The number of hydrazine groups is 1. The molecule has 0 bridgehead atoms. The molecule has 0 heterocycles. The molecule has 0 saturated heterocycles. The van der Waals surface area contributed by atoms with Crippen LogP contribution in [-0.4, -0.2) is 24.0 Å². The molecule has 3 N–H and O–H groups in total. The number of hydrogen-bond acceptors (Lipinski definition) is 4. The average molecular weight is 275 g/mol. The van der Waals surface area contributed by atoms with E-state index >= 15 is 0 Å². The summed E-state index contributed by atoms with van der Waals surface area (Å²) < 4.78 is 0. The number of nitrogens with one attached hydrogen (secondary N) is 1. The van der Waals surface area contributed by atoms with Crippen molar-refractivity contribution in [3.8, 4) is 0 Å². The predicted molar refractivity (Wildman–Crippen MR) is 77.2 cm³/mol. The van der Waals surface area contributed by atoms with Crippen molar-refractivity contribution in [2.24, 2.45) is 16.2 Å². The zero-order valence-electron chi connectivity index (χ0n) is 11.7. The number of hydrogen-bond donors (Lipinski definition) is 2. The Kier molecular flexibility index (Phi) is 5.06. The minimum atomic E-state index is -0.361. The Morgan fingerprint density at radius 2 is 2.00 bits per heavy atom. The molecular formula is C14H21N5O. The smallest absolute Gasteiger partial charge is 0.267 e. The first-order valence-electron chi connectivity index (χ1n) is 6.97. The first-order valence-corrected chi connectivity index (χ1v) is 6.97. The third-order valence-electron chi connectivity index (χ3n) is 3.68. The van der Waals surface area contributed by atoms with Crippen LogP contribution in [0.5, 0.6) is 0 Å². The number of amides is 1. The highest BCUT2D eigenvalue weighted by Gasteiger charge is 2.17. The molecule has 1 amide bonds. The molecule has 0 aromatic heterocycles. The molecule has 6 heteroatoms. The van der Waals surface area contributed by atoms with Gasteiger partial charge < -0.3 is 0 Å². The topological polar surface area (TPSA) is 83.1 Å². The molecule has 0 atom stereocenters. The van der Waals surface area contributed by atoms with Gasteiger partial charge in [-0.25, -0.2) is 5.84 Å². The molecule has 0 radical (unpaired) electrons. The number of benzene rings is 1. The van der Waals surface area contributed by atoms with Crippen LogP contribution in [0.3, 0.4) is 0 Å². The molecule has 1 aliphatic rings. The monoisotopic (exact) mass is 275 g/mol. The van der Waals surface area contributed by atoms with Gasteiger partial charge in [-0.05, 0) is 25.0 Å². The lowest BCUT2D eigenvalue weighted by Gasteiger charge is -2.27. The van der Waals surface area contributed by atoms with E-state index < -0.39 is 0 Å². The van der Waals surface area contributed by atoms with E-state index in [0.717, 1.165) is 12.8 Å². The van der Waals surface area contributed by atoms with Crippen molar-refractivity contribution in [3.05, 3.63) is 29.8 Å². The van der Waals surface area contributed by atoms with E-state index in [1.54, 1.807) is 18.2 Å². The summed E-state index contributed by atoms with van der Waals surface area (Å²) in [6, 6.07) is 7.47. The van der Waals surface area contributed by atoms with E-state index in [2.05, 4.69) is 15.8 Å². The van der Waals surface area contributed by atoms with Gasteiger partial charge in [-0.15, -0.1) is 5.11 Å². The van der Waals surface area contributed by atoms with E-state index in [1.807, 2.05) is 18.1 Å². The van der Waals surface area contributed by atoms with Crippen LogP contribution in [0, 0.1) is 0 Å². The third kappa shape index (κ3) is 3.54. The lowest BCUT2D eigenvalue weighted by atomic mass is 9.95. The molecule has 108 valence electrons. The lowest BCUT2D eigenvalue weighted by molar-refractivity contribution is 0.0954. The molecule has 6 nitrogen and oxygen atoms in total. The maximum atomic E-state index is 11.6. The van der Waals surface area contributed by atoms with Crippen LogP contribution < -0.4 is 11.3 Å². The van der Waals surface area contributed by atoms with Crippen molar-refractivity contribution >= 4 is 11.6 Å². The summed E-state index contributed by atoms with van der Waals surface area (Å²) in [5.41, 5.74) is 3.07. The van der Waals surface area contributed by atoms with Crippen LogP contribution in [0.2, 0.25) is 0 Å². The van der Waals surface area contributed by atoms with Gasteiger partial charge in [0.1, 0.15) is 5.69 Å². The summed E-state index contributed by atoms with van der Waals surface area (Å²) in [6.45, 7) is 0. The highest BCUT2D eigenvalue weighted by molar-refractivity contribution is 5.98. The Balaban J connectivity index is 2.08. The summed E-state index contributed by atoms with van der Waals surface area (Å²) >= 11 is 0. The van der Waals surface area contributed by atoms with E-state index in [4.69, 9.17) is 5.84 Å². The summed E-state index contributed by atoms with van der Waals surface area (Å²) in [5.74, 6) is 4.80. The van der Waals surface area contributed by atoms with E-state index in [0.29, 0.717) is 17.3 Å². The second-order valence-corrected chi connectivity index (χ2v) is 5.05. The Bertz CT molecular complexity index is 482. The number of nitrogen functional groups attached to an aromatic ring is 1. The van der Waals surface area contributed by atoms with Gasteiger partial charge in [-0.1, -0.05) is 36.6 Å². The summed E-state index contributed by atoms with van der Waals surface area (Å²) in [7, 11) is 1.94. The lowest BCUT2D eigenvalue weighted by Crippen LogP contribution is -2.30. The van der Waals surface area contributed by atoms with Gasteiger partial charge >= 0.3 is 0 Å². The molecule has 1 aliphatic carbocycles. The van der Waals surface area contributed by atoms with Gasteiger partial charge in [0.25, 0.3) is 5.91 Å². The maximum Gasteiger partial charge on any atom is 0.267 e. The molecule has 0 aliphatic heterocycles. The first-order chi connectivity index (χ1) is 9.72. The Hall–Kier alpha value is -1.95. The van der Waals surface area contributed by atoms with Gasteiger partial charge in [-0.2, -0.15) is 0 Å². The van der Waals surface area contributed by atoms with Crippen molar-refractivity contribution in [1.82, 2.24) is 10.4 Å². The molecule has 2 rings (SSSR count). The van der Waals surface area contributed by atoms with Gasteiger partial charge in [0, 0.05) is 13.1 Å². The second kappa shape index (κ2) is 7.00. The van der Waals surface area contributed by atoms with Crippen molar-refractivity contribution in [3.63, 3.8) is 0 Å². The first kappa shape index (κ1) is 14.5. The van der Waals surface area contributed by atoms with Gasteiger partial charge in [0.05, 0.1) is 5.56 Å². The number of carbonyl (C=O) groups is 1. The van der Waals surface area contributed by atoms with Gasteiger partial charge in [0.2, 0.25) is 0 Å². The largest absolute Gasteiger partial charge is 0.290 e. The van der Waals surface area contributed by atoms with Crippen LogP contribution in [0.15, 0.2) is 34.6 Å². The highest BCUT2D eigenvalue weighted by atomic mass is 16.2. The highest BCUT2D eigenvalue weighted by Crippen LogP contribution is 2.23. The van der Waals surface area contributed by atoms with Crippen LogP contribution in [0.4, 0.5) is 5.69 Å². The molecule has 1 aromatic rings. The Labute approximate surface area is 119 Å². The molecule has 1 aromatic carbocycles. The van der Waals surface area contributed by atoms with Gasteiger partial charge in [-0.3, -0.25) is 15.2 Å². The third-order valence-corrected chi connectivity index (χ3v) is 3.68. The number of nitrogens with zero attached hydrogens (tertiary/aromatic N) is 3. The molecule has 1 fully saturated rings. The van der Waals surface area contributed by atoms with Crippen molar-refractivity contribution < 1.29 is 4.79 Å². The van der Waals surface area contributed by atoms with Crippen LogP contribution in [0.25, 0.3) is 0 Å². The van der Waals surface area contributed by atoms with Gasteiger partial charge in [0.15, 0.2) is 0 Å². The number of carbonyl (C=O) groups excluding carboxylic acids is 1. The van der Waals surface area contributed by atoms with Crippen molar-refractivity contribution in [1.29, 1.82) is 0 Å². The number of rotatable bonds is 4. The summed E-state index contributed by atoms with van der Waals surface area (Å²) in [6.07, 6.45) is 6.11. The maximum absolute atomic E-state index is 11.6. The second-order valence-electron chi connectivity index (χ2n) is 5.05. The van der Waals surface area contributed by atoms with Crippen LogP contribution >= 0.6 is 0 Å². The van der Waals surface area contributed by atoms with Crippen LogP contribution in [-0.2, 0) is 0 Å². The minimum absolute atomic E-state index is 0.361. The zero-order valence-corrected chi connectivity index (χ0v) is 11.7. The van der Waals surface area contributed by atoms with Crippen LogP contribution in [0.1, 0.15) is 42.5 Å². The fourth-order valence-electron chi connectivity index (χ4n) is 2.48. The standard InChI is InChI=1S/C14H21N5O/c1-19(11-7-3-2-4-8-11)18-17-13-10-6-5-9-12(13)14(20)16-15/h5-6,9-11H,2-4,7-8,15H2,1H3,(H,16,20). The average Bonchev–Trinajstić information content (AvgIpc) is 2.53. The molecule has 0 spiro atoms. The summed E-state index contributed by atoms with van der Waals surface area (Å²) in [4.78, 5) is 11.6. The quantitative estimate of drug-likeness (QED) is 0.383. The molecule has 0 unspecified atom stereocenters. The van der Waals surface area contributed by atoms with E-state index in [9.17, 15) is 4.79 Å². The van der Waals surface area contributed by atoms with Crippen molar-refractivity contribution in [2.45, 2.75) is 38.1 Å².